The second kappa shape index (κ2) is 7.48. The van der Waals surface area contributed by atoms with Crippen LogP contribution in [0.25, 0.3) is 0 Å². The van der Waals surface area contributed by atoms with Crippen molar-refractivity contribution in [3.05, 3.63) is 0 Å². The van der Waals surface area contributed by atoms with Crippen LogP contribution < -0.4 is 5.73 Å². The van der Waals surface area contributed by atoms with E-state index in [-0.39, 0.29) is 12.3 Å². The van der Waals surface area contributed by atoms with Gasteiger partial charge in [-0.3, -0.25) is 4.99 Å². The monoisotopic (exact) mass is 322 g/mol. The number of hydrogen-bond acceptors (Lipinski definition) is 5. The van der Waals surface area contributed by atoms with Gasteiger partial charge in [0, 0.05) is 37.7 Å². The molecule has 0 spiro atoms. The number of morpholine rings is 1. The SMILES string of the molecule is NC(=NCCS(=O)(=O)N1CCSCC1)N1CCOCC1. The highest BCUT2D eigenvalue weighted by molar-refractivity contribution is 7.99. The van der Waals surface area contributed by atoms with Crippen molar-refractivity contribution < 1.29 is 13.2 Å². The van der Waals surface area contributed by atoms with Crippen LogP contribution in [-0.2, 0) is 14.8 Å². The van der Waals surface area contributed by atoms with Gasteiger partial charge in [-0.1, -0.05) is 0 Å². The number of sulfonamides is 1. The maximum absolute atomic E-state index is 12.1. The van der Waals surface area contributed by atoms with Crippen molar-refractivity contribution >= 4 is 27.7 Å². The first kappa shape index (κ1) is 15.9. The first-order chi connectivity index (χ1) is 9.59. The van der Waals surface area contributed by atoms with E-state index in [9.17, 15) is 8.42 Å². The fraction of sp³-hybridized carbons (Fsp3) is 0.909. The molecule has 2 heterocycles. The van der Waals surface area contributed by atoms with Gasteiger partial charge < -0.3 is 15.4 Å². The Hall–Kier alpha value is -0.510. The smallest absolute Gasteiger partial charge is 0.215 e. The van der Waals surface area contributed by atoms with Gasteiger partial charge in [0.2, 0.25) is 10.0 Å². The zero-order valence-electron chi connectivity index (χ0n) is 11.5. The van der Waals surface area contributed by atoms with E-state index >= 15 is 0 Å². The highest BCUT2D eigenvalue weighted by atomic mass is 32.2. The molecule has 0 bridgehead atoms. The van der Waals surface area contributed by atoms with Gasteiger partial charge in [0.15, 0.2) is 5.96 Å². The standard InChI is InChI=1S/C11H22N4O3S2/c12-11(14-2-6-18-7-3-14)13-1-10-20(16,17)15-4-8-19-9-5-15/h1-10H2,(H2,12,13). The molecule has 0 aromatic heterocycles. The third-order valence-corrected chi connectivity index (χ3v) is 6.11. The van der Waals surface area contributed by atoms with Gasteiger partial charge in [0.05, 0.1) is 25.5 Å². The minimum atomic E-state index is -3.20. The van der Waals surface area contributed by atoms with Crippen molar-refractivity contribution in [3.63, 3.8) is 0 Å². The second-order valence-corrected chi connectivity index (χ2v) is 7.98. The van der Waals surface area contributed by atoms with E-state index in [0.29, 0.717) is 45.4 Å². The molecule has 9 heteroatoms. The number of ether oxygens (including phenoxy) is 1. The van der Waals surface area contributed by atoms with E-state index in [0.717, 1.165) is 11.5 Å². The Bertz CT molecular complexity index is 429. The number of nitrogens with zero attached hydrogens (tertiary/aromatic N) is 3. The topological polar surface area (TPSA) is 88.2 Å². The summed E-state index contributed by atoms with van der Waals surface area (Å²) in [7, 11) is -3.20. The van der Waals surface area contributed by atoms with Crippen LogP contribution in [0.4, 0.5) is 0 Å². The highest BCUT2D eigenvalue weighted by Crippen LogP contribution is 2.13. The Morgan fingerprint density at radius 1 is 1.20 bits per heavy atom. The lowest BCUT2D eigenvalue weighted by Gasteiger charge is -2.28. The number of nitrogens with two attached hydrogens (primary N) is 1. The molecule has 20 heavy (non-hydrogen) atoms. The van der Waals surface area contributed by atoms with Crippen molar-refractivity contribution in [2.75, 3.05) is 63.2 Å². The van der Waals surface area contributed by atoms with E-state index in [1.807, 2.05) is 4.90 Å². The largest absolute Gasteiger partial charge is 0.378 e. The average Bonchev–Trinajstić information content (AvgIpc) is 2.49. The van der Waals surface area contributed by atoms with Crippen LogP contribution in [0.3, 0.4) is 0 Å². The van der Waals surface area contributed by atoms with Gasteiger partial charge >= 0.3 is 0 Å². The fourth-order valence-corrected chi connectivity index (χ4v) is 4.58. The molecular weight excluding hydrogens is 300 g/mol. The van der Waals surface area contributed by atoms with Crippen LogP contribution in [0.2, 0.25) is 0 Å². The lowest BCUT2D eigenvalue weighted by Crippen LogP contribution is -2.45. The predicted molar refractivity (Wildman–Crippen MR) is 81.6 cm³/mol. The summed E-state index contributed by atoms with van der Waals surface area (Å²) in [5, 5.41) is 0. The summed E-state index contributed by atoms with van der Waals surface area (Å²) < 4.78 is 31.0. The second-order valence-electron chi connectivity index (χ2n) is 4.67. The average molecular weight is 322 g/mol. The number of rotatable bonds is 4. The lowest BCUT2D eigenvalue weighted by atomic mass is 10.4. The Balaban J connectivity index is 1.81. The number of thioether (sulfide) groups is 1. The van der Waals surface area contributed by atoms with E-state index in [2.05, 4.69) is 4.99 Å². The Kier molecular flexibility index (Phi) is 5.94. The van der Waals surface area contributed by atoms with Crippen molar-refractivity contribution in [2.24, 2.45) is 10.7 Å². The zero-order chi connectivity index (χ0) is 14.4. The molecular formula is C11H22N4O3S2. The molecule has 2 rings (SSSR count). The molecule has 7 nitrogen and oxygen atoms in total. The van der Waals surface area contributed by atoms with Crippen LogP contribution in [0, 0.1) is 0 Å². The summed E-state index contributed by atoms with van der Waals surface area (Å²) in [5.41, 5.74) is 5.86. The zero-order valence-corrected chi connectivity index (χ0v) is 13.2. The third-order valence-electron chi connectivity index (χ3n) is 3.32. The molecule has 2 aliphatic heterocycles. The van der Waals surface area contributed by atoms with Crippen molar-refractivity contribution in [3.8, 4) is 0 Å². The van der Waals surface area contributed by atoms with Crippen LogP contribution in [-0.4, -0.2) is 86.8 Å². The fourth-order valence-electron chi connectivity index (χ4n) is 2.12. The molecule has 0 atom stereocenters. The summed E-state index contributed by atoms with van der Waals surface area (Å²) in [6, 6.07) is 0. The van der Waals surface area contributed by atoms with E-state index < -0.39 is 10.0 Å². The molecule has 2 fully saturated rings. The molecule has 0 aromatic carbocycles. The van der Waals surface area contributed by atoms with Crippen molar-refractivity contribution in [1.29, 1.82) is 0 Å². The first-order valence-corrected chi connectivity index (χ1v) is 9.54. The van der Waals surface area contributed by atoms with Crippen LogP contribution >= 0.6 is 11.8 Å². The van der Waals surface area contributed by atoms with Crippen LogP contribution in [0.1, 0.15) is 0 Å². The summed E-state index contributed by atoms with van der Waals surface area (Å²) >= 11 is 1.79. The molecule has 0 radical (unpaired) electrons. The molecule has 0 aromatic rings. The number of hydrogen-bond donors (Lipinski definition) is 1. The lowest BCUT2D eigenvalue weighted by molar-refractivity contribution is 0.0674. The van der Waals surface area contributed by atoms with Gasteiger partial charge in [0.1, 0.15) is 0 Å². The maximum atomic E-state index is 12.1. The van der Waals surface area contributed by atoms with E-state index in [1.165, 1.54) is 0 Å². The van der Waals surface area contributed by atoms with Crippen LogP contribution in [0.15, 0.2) is 4.99 Å². The Morgan fingerprint density at radius 3 is 2.50 bits per heavy atom. The Labute approximate surface area is 124 Å². The molecule has 0 unspecified atom stereocenters. The number of aliphatic imine (C=N–C) groups is 1. The highest BCUT2D eigenvalue weighted by Gasteiger charge is 2.23. The summed E-state index contributed by atoms with van der Waals surface area (Å²) in [6.07, 6.45) is 0. The van der Waals surface area contributed by atoms with Crippen molar-refractivity contribution in [1.82, 2.24) is 9.21 Å². The van der Waals surface area contributed by atoms with Crippen molar-refractivity contribution in [2.45, 2.75) is 0 Å². The summed E-state index contributed by atoms with van der Waals surface area (Å²) in [6.45, 7) is 4.14. The molecule has 0 aliphatic carbocycles. The molecule has 2 N–H and O–H groups in total. The van der Waals surface area contributed by atoms with E-state index in [4.69, 9.17) is 10.5 Å². The van der Waals surface area contributed by atoms with Gasteiger partial charge in [-0.15, -0.1) is 0 Å². The minimum absolute atomic E-state index is 0.0305. The van der Waals surface area contributed by atoms with E-state index in [1.54, 1.807) is 16.1 Å². The van der Waals surface area contributed by atoms with Crippen LogP contribution in [0.5, 0.6) is 0 Å². The predicted octanol–water partition coefficient (Wildman–Crippen LogP) is -0.988. The Morgan fingerprint density at radius 2 is 1.85 bits per heavy atom. The third kappa shape index (κ3) is 4.51. The molecule has 2 saturated heterocycles. The van der Waals surface area contributed by atoms with Gasteiger partial charge in [-0.2, -0.15) is 11.8 Å². The van der Waals surface area contributed by atoms with Gasteiger partial charge in [-0.05, 0) is 0 Å². The summed E-state index contributed by atoms with van der Waals surface area (Å²) in [4.78, 5) is 6.11. The molecule has 116 valence electrons. The molecule has 0 saturated carbocycles. The minimum Gasteiger partial charge on any atom is -0.378 e. The molecule has 2 aliphatic rings. The quantitative estimate of drug-likeness (QED) is 0.528. The maximum Gasteiger partial charge on any atom is 0.215 e. The number of guanidine groups is 1. The normalized spacial score (nSPS) is 23.0. The van der Waals surface area contributed by atoms with Gasteiger partial charge in [0.25, 0.3) is 0 Å². The molecule has 0 amide bonds. The summed E-state index contributed by atoms with van der Waals surface area (Å²) in [5.74, 6) is 2.19. The first-order valence-electron chi connectivity index (χ1n) is 6.78. The van der Waals surface area contributed by atoms with Gasteiger partial charge in [-0.25, -0.2) is 12.7 Å².